The maximum absolute atomic E-state index is 12.3. The van der Waals surface area contributed by atoms with E-state index in [0.717, 1.165) is 29.5 Å². The van der Waals surface area contributed by atoms with Crippen LogP contribution in [0.3, 0.4) is 0 Å². The molecule has 0 radical (unpaired) electrons. The van der Waals surface area contributed by atoms with Crippen molar-refractivity contribution >= 4 is 32.5 Å². The number of fused-ring (bicyclic) bond motifs is 1. The lowest BCUT2D eigenvalue weighted by atomic mass is 10.0. The summed E-state index contributed by atoms with van der Waals surface area (Å²) in [4.78, 5) is 11.0. The smallest absolute Gasteiger partial charge is 0.243 e. The number of carbonyl (C=O) groups is 1. The second-order valence-electron chi connectivity index (χ2n) is 7.78. The molecule has 0 aliphatic rings. The summed E-state index contributed by atoms with van der Waals surface area (Å²) in [6.45, 7) is 0.389. The van der Waals surface area contributed by atoms with Crippen LogP contribution in [0, 0.1) is 0 Å². The lowest BCUT2D eigenvalue weighted by Gasteiger charge is -2.22. The summed E-state index contributed by atoms with van der Waals surface area (Å²) in [6, 6.07) is 16.0. The van der Waals surface area contributed by atoms with Crippen molar-refractivity contribution in [3.05, 3.63) is 54.7 Å². The van der Waals surface area contributed by atoms with E-state index in [0.29, 0.717) is 25.1 Å². The Hall–Kier alpha value is -2.84. The predicted octanol–water partition coefficient (Wildman–Crippen LogP) is 4.07. The normalized spacial score (nSPS) is 11.6. The molecule has 8 heteroatoms. The fraction of sp³-hybridized carbons (Fsp3) is 0.348. The van der Waals surface area contributed by atoms with Crippen LogP contribution >= 0.6 is 0 Å². The van der Waals surface area contributed by atoms with Gasteiger partial charge in [0.05, 0.1) is 11.9 Å². The van der Waals surface area contributed by atoms with Gasteiger partial charge in [-0.2, -0.15) is 0 Å². The second kappa shape index (κ2) is 9.98. The molecule has 31 heavy (non-hydrogen) atoms. The number of sulfonamides is 1. The van der Waals surface area contributed by atoms with Gasteiger partial charge in [-0.1, -0.05) is 37.1 Å². The number of hydrogen-bond acceptors (Lipinski definition) is 4. The van der Waals surface area contributed by atoms with Crippen LogP contribution < -0.4 is 9.79 Å². The van der Waals surface area contributed by atoms with Crippen LogP contribution in [0.2, 0.25) is 0 Å². The first-order valence-corrected chi connectivity index (χ1v) is 12.2. The van der Waals surface area contributed by atoms with Crippen LogP contribution in [0.25, 0.3) is 22.0 Å². The van der Waals surface area contributed by atoms with E-state index in [9.17, 15) is 13.2 Å². The summed E-state index contributed by atoms with van der Waals surface area (Å²) in [5.41, 5.74) is 5.52. The fourth-order valence-electron chi connectivity index (χ4n) is 3.70. The molecule has 1 amide bonds. The first-order valence-electron chi connectivity index (χ1n) is 10.4. The molecule has 166 valence electrons. The zero-order chi connectivity index (χ0) is 22.4. The topological polar surface area (TPSA) is 91.6 Å². The van der Waals surface area contributed by atoms with Crippen LogP contribution in [0.5, 0.6) is 0 Å². The molecule has 3 aromatic rings. The lowest BCUT2D eigenvalue weighted by Crippen LogP contribution is -2.30. The van der Waals surface area contributed by atoms with Crippen molar-refractivity contribution in [2.75, 3.05) is 17.1 Å². The van der Waals surface area contributed by atoms with E-state index < -0.39 is 15.9 Å². The molecule has 1 aromatic heterocycles. The first-order chi connectivity index (χ1) is 14.8. The zero-order valence-electron chi connectivity index (χ0n) is 17.9. The Morgan fingerprint density at radius 3 is 2.35 bits per heavy atom. The van der Waals surface area contributed by atoms with Crippen molar-refractivity contribution in [3.63, 3.8) is 0 Å². The van der Waals surface area contributed by atoms with Crippen LogP contribution in [-0.4, -0.2) is 36.9 Å². The van der Waals surface area contributed by atoms with Gasteiger partial charge in [-0.25, -0.2) is 13.9 Å². The molecule has 1 heterocycles. The Labute approximate surface area is 183 Å². The number of aromatic nitrogens is 1. The number of nitrogens with zero attached hydrogens (tertiary/aromatic N) is 2. The van der Waals surface area contributed by atoms with Crippen molar-refractivity contribution in [2.45, 2.75) is 32.1 Å². The quantitative estimate of drug-likeness (QED) is 0.281. The summed E-state index contributed by atoms with van der Waals surface area (Å²) >= 11 is 0. The highest BCUT2D eigenvalue weighted by atomic mass is 32.2. The average molecular weight is 444 g/mol. The van der Waals surface area contributed by atoms with Gasteiger partial charge in [0.15, 0.2) is 0 Å². The molecule has 7 nitrogen and oxygen atoms in total. The SMILES string of the molecule is Cn1ccc2ccc(-c3ccc(N(CCCCCCC(=O)NO)S(C)(=O)=O)cc3)cc21. The van der Waals surface area contributed by atoms with Crippen LogP contribution in [0.4, 0.5) is 5.69 Å². The van der Waals surface area contributed by atoms with Gasteiger partial charge in [0, 0.05) is 31.7 Å². The van der Waals surface area contributed by atoms with Crippen molar-refractivity contribution in [3.8, 4) is 11.1 Å². The molecular formula is C23H29N3O4S. The highest BCUT2D eigenvalue weighted by Crippen LogP contribution is 2.28. The molecule has 0 spiro atoms. The summed E-state index contributed by atoms with van der Waals surface area (Å²) in [5, 5.41) is 9.68. The highest BCUT2D eigenvalue weighted by molar-refractivity contribution is 7.92. The zero-order valence-corrected chi connectivity index (χ0v) is 18.7. The summed E-state index contributed by atoms with van der Waals surface area (Å²) in [6.07, 6.45) is 6.47. The number of rotatable bonds is 10. The highest BCUT2D eigenvalue weighted by Gasteiger charge is 2.17. The molecule has 0 bridgehead atoms. The van der Waals surface area contributed by atoms with Gasteiger partial charge >= 0.3 is 0 Å². The molecular weight excluding hydrogens is 414 g/mol. The van der Waals surface area contributed by atoms with Crippen molar-refractivity contribution in [1.29, 1.82) is 0 Å². The van der Waals surface area contributed by atoms with Gasteiger partial charge in [0.1, 0.15) is 0 Å². The minimum atomic E-state index is -3.40. The molecule has 3 rings (SSSR count). The molecule has 0 atom stereocenters. The standard InChI is InChI=1S/C23H29N3O4S/c1-25-16-14-19-8-9-20(17-22(19)25)18-10-12-21(13-11-18)26(31(2,29)30)15-6-4-3-5-7-23(27)24-28/h8-14,16-17,28H,3-7,15H2,1-2H3,(H,24,27). The molecule has 2 aromatic carbocycles. The molecule has 0 saturated carbocycles. The van der Waals surface area contributed by atoms with Gasteiger partial charge in [-0.3, -0.25) is 14.3 Å². The lowest BCUT2D eigenvalue weighted by molar-refractivity contribution is -0.129. The van der Waals surface area contributed by atoms with Crippen LogP contribution in [0.1, 0.15) is 32.1 Å². The van der Waals surface area contributed by atoms with Crippen molar-refractivity contribution in [2.24, 2.45) is 7.05 Å². The number of unbranched alkanes of at least 4 members (excludes halogenated alkanes) is 3. The minimum absolute atomic E-state index is 0.266. The maximum atomic E-state index is 12.3. The number of hydrogen-bond donors (Lipinski definition) is 2. The predicted molar refractivity (Wildman–Crippen MR) is 124 cm³/mol. The summed E-state index contributed by atoms with van der Waals surface area (Å²) < 4.78 is 28.2. The van der Waals surface area contributed by atoms with Crippen LogP contribution in [0.15, 0.2) is 54.7 Å². The molecule has 0 fully saturated rings. The average Bonchev–Trinajstić information content (AvgIpc) is 3.12. The third-order valence-electron chi connectivity index (χ3n) is 5.42. The Morgan fingerprint density at radius 2 is 1.68 bits per heavy atom. The van der Waals surface area contributed by atoms with Crippen molar-refractivity contribution < 1.29 is 18.4 Å². The van der Waals surface area contributed by atoms with Gasteiger partial charge in [-0.05, 0) is 53.6 Å². The van der Waals surface area contributed by atoms with Gasteiger partial charge in [-0.15, -0.1) is 0 Å². The molecule has 0 saturated heterocycles. The van der Waals surface area contributed by atoms with E-state index in [2.05, 4.69) is 28.8 Å². The van der Waals surface area contributed by atoms with E-state index in [1.165, 1.54) is 15.9 Å². The molecule has 0 aliphatic heterocycles. The first kappa shape index (κ1) is 22.8. The number of carbonyl (C=O) groups excluding carboxylic acids is 1. The van der Waals surface area contributed by atoms with E-state index in [4.69, 9.17) is 5.21 Å². The Kier molecular flexibility index (Phi) is 7.35. The van der Waals surface area contributed by atoms with E-state index in [1.807, 2.05) is 37.5 Å². The number of benzene rings is 2. The second-order valence-corrected chi connectivity index (χ2v) is 9.69. The van der Waals surface area contributed by atoms with Crippen molar-refractivity contribution in [1.82, 2.24) is 10.0 Å². The number of amides is 1. The largest absolute Gasteiger partial charge is 0.351 e. The fourth-order valence-corrected chi connectivity index (χ4v) is 4.66. The minimum Gasteiger partial charge on any atom is -0.351 e. The third kappa shape index (κ3) is 5.86. The Balaban J connectivity index is 1.66. The monoisotopic (exact) mass is 443 g/mol. The molecule has 2 N–H and O–H groups in total. The summed E-state index contributed by atoms with van der Waals surface area (Å²) in [7, 11) is -1.39. The van der Waals surface area contributed by atoms with E-state index in [-0.39, 0.29) is 6.42 Å². The van der Waals surface area contributed by atoms with Gasteiger partial charge in [0.25, 0.3) is 0 Å². The van der Waals surface area contributed by atoms with Crippen LogP contribution in [-0.2, 0) is 21.9 Å². The number of anilines is 1. The molecule has 0 unspecified atom stereocenters. The number of nitrogens with one attached hydrogen (secondary N) is 1. The Bertz CT molecular complexity index is 1140. The summed E-state index contributed by atoms with van der Waals surface area (Å²) in [5.74, 6) is -0.399. The number of aryl methyl sites for hydroxylation is 1. The van der Waals surface area contributed by atoms with E-state index >= 15 is 0 Å². The third-order valence-corrected chi connectivity index (χ3v) is 6.61. The Morgan fingerprint density at radius 1 is 1.00 bits per heavy atom. The maximum Gasteiger partial charge on any atom is 0.243 e. The van der Waals surface area contributed by atoms with Gasteiger partial charge < -0.3 is 4.57 Å². The number of hydroxylamine groups is 1. The van der Waals surface area contributed by atoms with Gasteiger partial charge in [0.2, 0.25) is 15.9 Å². The molecule has 0 aliphatic carbocycles. The van der Waals surface area contributed by atoms with E-state index in [1.54, 1.807) is 5.48 Å².